The topological polar surface area (TPSA) is 114 Å². The number of nitrogens with one attached hydrogen (secondary N) is 2. The number of hydrogen-bond acceptors (Lipinski definition) is 6. The Hall–Kier alpha value is -3.98. The lowest BCUT2D eigenvalue weighted by Crippen LogP contribution is -2.22. The first-order valence-electron chi connectivity index (χ1n) is 10.3. The molecule has 1 atom stereocenters. The Bertz CT molecular complexity index is 1200. The van der Waals surface area contributed by atoms with E-state index in [2.05, 4.69) is 10.6 Å². The fourth-order valence-corrected chi connectivity index (χ4v) is 3.94. The van der Waals surface area contributed by atoms with Crippen molar-refractivity contribution < 1.29 is 29.0 Å². The second-order valence-corrected chi connectivity index (χ2v) is 8.56. The van der Waals surface area contributed by atoms with Gasteiger partial charge >= 0.3 is 5.97 Å². The zero-order valence-corrected chi connectivity index (χ0v) is 19.6. The van der Waals surface area contributed by atoms with E-state index in [-0.39, 0.29) is 17.0 Å². The summed E-state index contributed by atoms with van der Waals surface area (Å²) in [4.78, 5) is 37.3. The zero-order valence-electron chi connectivity index (χ0n) is 18.8. The molecule has 0 fully saturated rings. The SMILES string of the molecule is COc1ccc(NC(=O)C(C)Sc2ccc(NC(=O)c3ccccc3C(=O)O)cc2)c(OC)c1. The van der Waals surface area contributed by atoms with Gasteiger partial charge in [0.15, 0.2) is 0 Å². The molecule has 0 aliphatic rings. The molecule has 0 aromatic heterocycles. The molecule has 3 aromatic rings. The molecule has 0 radical (unpaired) electrons. The van der Waals surface area contributed by atoms with Crippen LogP contribution in [0.3, 0.4) is 0 Å². The number of hydrogen-bond donors (Lipinski definition) is 3. The highest BCUT2D eigenvalue weighted by Gasteiger charge is 2.18. The molecule has 0 aliphatic carbocycles. The summed E-state index contributed by atoms with van der Waals surface area (Å²) in [5, 5.41) is 14.4. The van der Waals surface area contributed by atoms with E-state index in [4.69, 9.17) is 9.47 Å². The maximum Gasteiger partial charge on any atom is 0.336 e. The molecule has 0 spiro atoms. The number of thioether (sulfide) groups is 1. The van der Waals surface area contributed by atoms with Crippen molar-refractivity contribution in [2.24, 2.45) is 0 Å². The van der Waals surface area contributed by atoms with Gasteiger partial charge in [0.2, 0.25) is 5.91 Å². The van der Waals surface area contributed by atoms with Gasteiger partial charge in [-0.2, -0.15) is 0 Å². The molecule has 8 nitrogen and oxygen atoms in total. The number of benzene rings is 3. The maximum absolute atomic E-state index is 12.7. The van der Waals surface area contributed by atoms with Gasteiger partial charge in [0.05, 0.1) is 36.3 Å². The van der Waals surface area contributed by atoms with Gasteiger partial charge in [0.1, 0.15) is 11.5 Å². The Morgan fingerprint density at radius 2 is 1.56 bits per heavy atom. The Balaban J connectivity index is 1.62. The molecular weight excluding hydrogens is 456 g/mol. The first-order chi connectivity index (χ1) is 16.3. The molecule has 2 amide bonds. The molecular formula is C25H24N2O6S. The van der Waals surface area contributed by atoms with Crippen LogP contribution in [0.4, 0.5) is 11.4 Å². The molecule has 0 saturated heterocycles. The lowest BCUT2D eigenvalue weighted by atomic mass is 10.1. The number of rotatable bonds is 9. The van der Waals surface area contributed by atoms with E-state index in [1.807, 2.05) is 0 Å². The average molecular weight is 481 g/mol. The smallest absolute Gasteiger partial charge is 0.336 e. The van der Waals surface area contributed by atoms with Gasteiger partial charge in [-0.3, -0.25) is 9.59 Å². The standard InChI is InChI=1S/C25H24N2O6S/c1-15(23(28)27-21-13-10-17(32-2)14-22(21)33-3)34-18-11-8-16(9-12-18)26-24(29)19-6-4-5-7-20(19)25(30)31/h4-15H,1-3H3,(H,26,29)(H,27,28)(H,30,31). The number of carbonyl (C=O) groups excluding carboxylic acids is 2. The predicted octanol–water partition coefficient (Wildman–Crippen LogP) is 4.77. The fourth-order valence-electron chi connectivity index (χ4n) is 3.08. The van der Waals surface area contributed by atoms with Crippen molar-refractivity contribution in [3.8, 4) is 11.5 Å². The van der Waals surface area contributed by atoms with E-state index < -0.39 is 17.1 Å². The predicted molar refractivity (Wildman–Crippen MR) is 131 cm³/mol. The summed E-state index contributed by atoms with van der Waals surface area (Å²) in [6.07, 6.45) is 0. The van der Waals surface area contributed by atoms with Gasteiger partial charge < -0.3 is 25.2 Å². The van der Waals surface area contributed by atoms with E-state index in [1.165, 1.54) is 31.0 Å². The summed E-state index contributed by atoms with van der Waals surface area (Å²) in [6.45, 7) is 1.79. The fraction of sp³-hybridized carbons (Fsp3) is 0.160. The molecule has 0 bridgehead atoms. The monoisotopic (exact) mass is 480 g/mol. The van der Waals surface area contributed by atoms with Gasteiger partial charge in [-0.15, -0.1) is 11.8 Å². The molecule has 176 valence electrons. The number of carboxylic acids is 1. The third-order valence-corrected chi connectivity index (χ3v) is 5.97. The second-order valence-electron chi connectivity index (χ2n) is 7.14. The van der Waals surface area contributed by atoms with Crippen molar-refractivity contribution in [3.05, 3.63) is 77.9 Å². The maximum atomic E-state index is 12.7. The van der Waals surface area contributed by atoms with Crippen molar-refractivity contribution in [3.63, 3.8) is 0 Å². The number of carbonyl (C=O) groups is 3. The Kier molecular flexibility index (Phi) is 8.15. The van der Waals surface area contributed by atoms with E-state index in [9.17, 15) is 19.5 Å². The number of aromatic carboxylic acids is 1. The molecule has 3 N–H and O–H groups in total. The van der Waals surface area contributed by atoms with Crippen molar-refractivity contribution in [1.82, 2.24) is 0 Å². The number of ether oxygens (including phenoxy) is 2. The van der Waals surface area contributed by atoms with Gasteiger partial charge in [0.25, 0.3) is 5.91 Å². The molecule has 0 aliphatic heterocycles. The van der Waals surface area contributed by atoms with Crippen LogP contribution in [0.5, 0.6) is 11.5 Å². The van der Waals surface area contributed by atoms with Gasteiger partial charge in [-0.25, -0.2) is 4.79 Å². The quantitative estimate of drug-likeness (QED) is 0.378. The molecule has 34 heavy (non-hydrogen) atoms. The molecule has 0 heterocycles. The van der Waals surface area contributed by atoms with Crippen molar-refractivity contribution in [2.45, 2.75) is 17.1 Å². The summed E-state index contributed by atoms with van der Waals surface area (Å²) < 4.78 is 10.5. The van der Waals surface area contributed by atoms with E-state index in [0.29, 0.717) is 22.9 Å². The lowest BCUT2D eigenvalue weighted by molar-refractivity contribution is -0.115. The van der Waals surface area contributed by atoms with Gasteiger partial charge in [-0.1, -0.05) is 12.1 Å². The highest BCUT2D eigenvalue weighted by atomic mass is 32.2. The van der Waals surface area contributed by atoms with Crippen LogP contribution in [0.15, 0.2) is 71.6 Å². The van der Waals surface area contributed by atoms with Gasteiger partial charge in [0, 0.05) is 16.6 Å². The molecule has 3 rings (SSSR count). The zero-order chi connectivity index (χ0) is 24.7. The van der Waals surface area contributed by atoms with E-state index in [0.717, 1.165) is 4.90 Å². The average Bonchev–Trinajstić information content (AvgIpc) is 2.85. The van der Waals surface area contributed by atoms with Crippen LogP contribution in [-0.2, 0) is 4.79 Å². The molecule has 3 aromatic carbocycles. The Morgan fingerprint density at radius 1 is 0.882 bits per heavy atom. The van der Waals surface area contributed by atoms with E-state index >= 15 is 0 Å². The third kappa shape index (κ3) is 6.08. The van der Waals surface area contributed by atoms with Crippen LogP contribution >= 0.6 is 11.8 Å². The largest absolute Gasteiger partial charge is 0.497 e. The minimum Gasteiger partial charge on any atom is -0.497 e. The number of methoxy groups -OCH3 is 2. The second kappa shape index (κ2) is 11.2. The van der Waals surface area contributed by atoms with Crippen molar-refractivity contribution in [2.75, 3.05) is 24.9 Å². The summed E-state index contributed by atoms with van der Waals surface area (Å²) >= 11 is 1.35. The highest BCUT2D eigenvalue weighted by Crippen LogP contribution is 2.31. The van der Waals surface area contributed by atoms with Crippen LogP contribution in [0.2, 0.25) is 0 Å². The summed E-state index contributed by atoms with van der Waals surface area (Å²) in [6, 6.07) is 18.1. The Labute approximate surface area is 201 Å². The normalized spacial score (nSPS) is 11.3. The minimum atomic E-state index is -1.17. The number of anilines is 2. The Morgan fingerprint density at radius 3 is 2.18 bits per heavy atom. The number of carboxylic acid groups (broad SMARTS) is 1. The van der Waals surface area contributed by atoms with Crippen LogP contribution < -0.4 is 20.1 Å². The third-order valence-electron chi connectivity index (χ3n) is 4.86. The van der Waals surface area contributed by atoms with Crippen molar-refractivity contribution >= 4 is 40.9 Å². The molecule has 0 saturated carbocycles. The first-order valence-corrected chi connectivity index (χ1v) is 11.1. The summed E-state index contributed by atoms with van der Waals surface area (Å²) in [7, 11) is 3.07. The number of amides is 2. The van der Waals surface area contributed by atoms with E-state index in [1.54, 1.807) is 68.6 Å². The summed E-state index contributed by atoms with van der Waals surface area (Å²) in [5.74, 6) is -0.766. The lowest BCUT2D eigenvalue weighted by Gasteiger charge is -2.15. The molecule has 9 heteroatoms. The van der Waals surface area contributed by atoms with Crippen molar-refractivity contribution in [1.29, 1.82) is 0 Å². The van der Waals surface area contributed by atoms with Crippen LogP contribution in [-0.4, -0.2) is 42.4 Å². The van der Waals surface area contributed by atoms with Crippen LogP contribution in [0, 0.1) is 0 Å². The first kappa shape index (κ1) is 24.7. The highest BCUT2D eigenvalue weighted by molar-refractivity contribution is 8.00. The minimum absolute atomic E-state index is 0.0690. The molecule has 1 unspecified atom stereocenters. The summed E-state index contributed by atoms with van der Waals surface area (Å²) in [5.41, 5.74) is 1.06. The van der Waals surface area contributed by atoms with Crippen LogP contribution in [0.1, 0.15) is 27.6 Å². The van der Waals surface area contributed by atoms with Crippen LogP contribution in [0.25, 0.3) is 0 Å². The van der Waals surface area contributed by atoms with Gasteiger partial charge in [-0.05, 0) is 55.5 Å².